The maximum atomic E-state index is 11.9. The maximum absolute atomic E-state index is 11.9. The predicted molar refractivity (Wildman–Crippen MR) is 50.6 cm³/mol. The molecule has 0 aromatic carbocycles. The first-order chi connectivity index (χ1) is 6.91. The van der Waals surface area contributed by atoms with Crippen LogP contribution in [0.5, 0.6) is 0 Å². The van der Waals surface area contributed by atoms with Crippen LogP contribution in [0.4, 0.5) is 13.2 Å². The second-order valence-corrected chi connectivity index (χ2v) is 3.98. The van der Waals surface area contributed by atoms with Gasteiger partial charge >= 0.3 is 6.18 Å². The average Bonchev–Trinajstić information content (AvgIpc) is 2.64. The van der Waals surface area contributed by atoms with Crippen molar-refractivity contribution in [1.82, 2.24) is 10.3 Å². The highest BCUT2D eigenvalue weighted by Crippen LogP contribution is 2.20. The molecule has 0 aliphatic heterocycles. The molecule has 2 N–H and O–H groups in total. The smallest absolute Gasteiger partial charge is 0.382 e. The Morgan fingerprint density at radius 1 is 1.60 bits per heavy atom. The molecule has 3 nitrogen and oxygen atoms in total. The van der Waals surface area contributed by atoms with E-state index in [-0.39, 0.29) is 6.04 Å². The molecular weight excluding hydrogens is 229 g/mol. The van der Waals surface area contributed by atoms with Crippen molar-refractivity contribution in [2.75, 3.05) is 6.54 Å². The normalized spacial score (nSPS) is 16.3. The number of rotatable bonds is 4. The third-order valence-corrected chi connectivity index (χ3v) is 2.78. The fourth-order valence-corrected chi connectivity index (χ4v) is 1.61. The molecule has 15 heavy (non-hydrogen) atoms. The van der Waals surface area contributed by atoms with Crippen LogP contribution < -0.4 is 5.32 Å². The van der Waals surface area contributed by atoms with E-state index in [0.717, 1.165) is 0 Å². The topological polar surface area (TPSA) is 45.1 Å². The van der Waals surface area contributed by atoms with Gasteiger partial charge in [-0.05, 0) is 6.92 Å². The van der Waals surface area contributed by atoms with Gasteiger partial charge in [0.1, 0.15) is 5.01 Å². The number of thiazole rings is 1. The van der Waals surface area contributed by atoms with Gasteiger partial charge in [0.25, 0.3) is 0 Å². The van der Waals surface area contributed by atoms with Crippen LogP contribution in [0.15, 0.2) is 11.6 Å². The fraction of sp³-hybridized carbons (Fsp3) is 0.625. The summed E-state index contributed by atoms with van der Waals surface area (Å²) in [4.78, 5) is 3.95. The predicted octanol–water partition coefficient (Wildman–Crippen LogP) is 1.72. The standard InChI is InChI=1S/C8H11F3N2OS/c1-5(7-12-2-3-15-7)13-4-6(14)8(9,10)11/h2-3,5-6,13-14H,4H2,1H3. The van der Waals surface area contributed by atoms with Crippen LogP contribution in [-0.4, -0.2) is 28.9 Å². The highest BCUT2D eigenvalue weighted by atomic mass is 32.1. The van der Waals surface area contributed by atoms with Crippen molar-refractivity contribution in [2.45, 2.75) is 25.2 Å². The largest absolute Gasteiger partial charge is 0.415 e. The monoisotopic (exact) mass is 240 g/mol. The Labute approximate surface area is 89.0 Å². The zero-order valence-corrected chi connectivity index (χ0v) is 8.77. The number of hydrogen-bond acceptors (Lipinski definition) is 4. The molecule has 1 aromatic heterocycles. The first-order valence-corrected chi connectivity index (χ1v) is 5.16. The van der Waals surface area contributed by atoms with Gasteiger partial charge in [-0.3, -0.25) is 0 Å². The third-order valence-electron chi connectivity index (χ3n) is 1.82. The Kier molecular flexibility index (Phi) is 4.06. The summed E-state index contributed by atoms with van der Waals surface area (Å²) in [5.74, 6) is 0. The van der Waals surface area contributed by atoms with Gasteiger partial charge in [0.15, 0.2) is 6.10 Å². The van der Waals surface area contributed by atoms with Crippen molar-refractivity contribution in [1.29, 1.82) is 0 Å². The summed E-state index contributed by atoms with van der Waals surface area (Å²) >= 11 is 1.35. The van der Waals surface area contributed by atoms with Gasteiger partial charge in [0, 0.05) is 18.1 Å². The Morgan fingerprint density at radius 3 is 2.73 bits per heavy atom. The second-order valence-electron chi connectivity index (χ2n) is 3.06. The van der Waals surface area contributed by atoms with Crippen molar-refractivity contribution in [3.8, 4) is 0 Å². The first-order valence-electron chi connectivity index (χ1n) is 4.29. The molecule has 0 radical (unpaired) electrons. The molecule has 7 heteroatoms. The van der Waals surface area contributed by atoms with Gasteiger partial charge in [-0.1, -0.05) is 0 Å². The van der Waals surface area contributed by atoms with Crippen molar-refractivity contribution >= 4 is 11.3 Å². The second kappa shape index (κ2) is 4.91. The van der Waals surface area contributed by atoms with Gasteiger partial charge in [-0.25, -0.2) is 4.98 Å². The SMILES string of the molecule is CC(NCC(O)C(F)(F)F)c1nccs1. The lowest BCUT2D eigenvalue weighted by Gasteiger charge is -2.17. The van der Waals surface area contributed by atoms with E-state index in [0.29, 0.717) is 5.01 Å². The van der Waals surface area contributed by atoms with Crippen LogP contribution in [0.25, 0.3) is 0 Å². The molecule has 1 rings (SSSR count). The summed E-state index contributed by atoms with van der Waals surface area (Å²) in [5.41, 5.74) is 0. The van der Waals surface area contributed by atoms with Crippen LogP contribution in [0.1, 0.15) is 18.0 Å². The quantitative estimate of drug-likeness (QED) is 0.842. The molecule has 0 amide bonds. The molecule has 2 atom stereocenters. The van der Waals surface area contributed by atoms with Crippen LogP contribution >= 0.6 is 11.3 Å². The summed E-state index contributed by atoms with van der Waals surface area (Å²) in [6, 6.07) is -0.290. The zero-order chi connectivity index (χ0) is 11.5. The Morgan fingerprint density at radius 2 is 2.27 bits per heavy atom. The Bertz CT molecular complexity index is 289. The molecule has 1 heterocycles. The van der Waals surface area contributed by atoms with Gasteiger partial charge in [0.05, 0.1) is 6.04 Å². The summed E-state index contributed by atoms with van der Waals surface area (Å²) in [5, 5.41) is 13.7. The van der Waals surface area contributed by atoms with E-state index in [1.165, 1.54) is 11.3 Å². The van der Waals surface area contributed by atoms with Crippen LogP contribution in [0.3, 0.4) is 0 Å². The van der Waals surface area contributed by atoms with Gasteiger partial charge < -0.3 is 10.4 Å². The van der Waals surface area contributed by atoms with Gasteiger partial charge in [-0.15, -0.1) is 11.3 Å². The van der Waals surface area contributed by atoms with Crippen molar-refractivity contribution in [3.63, 3.8) is 0 Å². The van der Waals surface area contributed by atoms with E-state index < -0.39 is 18.8 Å². The fourth-order valence-electron chi connectivity index (χ4n) is 0.940. The summed E-state index contributed by atoms with van der Waals surface area (Å²) in [6.45, 7) is 1.17. The molecule has 0 fully saturated rings. The lowest BCUT2D eigenvalue weighted by molar-refractivity contribution is -0.202. The molecule has 0 spiro atoms. The number of aliphatic hydroxyl groups excluding tert-OH is 1. The molecule has 0 aliphatic rings. The minimum atomic E-state index is -4.57. The molecule has 86 valence electrons. The van der Waals surface area contributed by atoms with E-state index >= 15 is 0 Å². The molecular formula is C8H11F3N2OS. The number of nitrogens with zero attached hydrogens (tertiary/aromatic N) is 1. The van der Waals surface area contributed by atoms with Crippen LogP contribution in [0, 0.1) is 0 Å². The lowest BCUT2D eigenvalue weighted by atomic mass is 10.3. The van der Waals surface area contributed by atoms with E-state index in [1.54, 1.807) is 18.5 Å². The van der Waals surface area contributed by atoms with Crippen molar-refractivity contribution in [3.05, 3.63) is 16.6 Å². The summed E-state index contributed by atoms with van der Waals surface area (Å²) in [6.07, 6.45) is -5.33. The number of alkyl halides is 3. The third kappa shape index (κ3) is 3.77. The maximum Gasteiger partial charge on any atom is 0.415 e. The Balaban J connectivity index is 2.38. The number of nitrogens with one attached hydrogen (secondary N) is 1. The van der Waals surface area contributed by atoms with Crippen molar-refractivity contribution < 1.29 is 18.3 Å². The van der Waals surface area contributed by atoms with Gasteiger partial charge in [-0.2, -0.15) is 13.2 Å². The van der Waals surface area contributed by atoms with Crippen LogP contribution in [-0.2, 0) is 0 Å². The molecule has 0 aliphatic carbocycles. The van der Waals surface area contributed by atoms with E-state index in [1.807, 2.05) is 0 Å². The molecule has 1 aromatic rings. The van der Waals surface area contributed by atoms with E-state index in [9.17, 15) is 13.2 Å². The minimum absolute atomic E-state index is 0.290. The summed E-state index contributed by atoms with van der Waals surface area (Å²) < 4.78 is 35.8. The minimum Gasteiger partial charge on any atom is -0.382 e. The number of aromatic nitrogens is 1. The highest BCUT2D eigenvalue weighted by Gasteiger charge is 2.37. The van der Waals surface area contributed by atoms with E-state index in [4.69, 9.17) is 5.11 Å². The van der Waals surface area contributed by atoms with Gasteiger partial charge in [0.2, 0.25) is 0 Å². The zero-order valence-electron chi connectivity index (χ0n) is 7.95. The lowest BCUT2D eigenvalue weighted by Crippen LogP contribution is -2.39. The van der Waals surface area contributed by atoms with Crippen LogP contribution in [0.2, 0.25) is 0 Å². The Hall–Kier alpha value is -0.660. The number of halogens is 3. The summed E-state index contributed by atoms with van der Waals surface area (Å²) in [7, 11) is 0. The van der Waals surface area contributed by atoms with Crippen molar-refractivity contribution in [2.24, 2.45) is 0 Å². The highest BCUT2D eigenvalue weighted by molar-refractivity contribution is 7.09. The van der Waals surface area contributed by atoms with E-state index in [2.05, 4.69) is 10.3 Å². The molecule has 0 saturated carbocycles. The number of hydrogen-bond donors (Lipinski definition) is 2. The average molecular weight is 240 g/mol. The first kappa shape index (κ1) is 12.4. The molecule has 0 bridgehead atoms. The molecule has 0 saturated heterocycles. The molecule has 2 unspecified atom stereocenters. The number of aliphatic hydroxyl groups is 1.